The minimum atomic E-state index is -0.500. The molecule has 1 saturated heterocycles. The molecule has 1 aliphatic rings. The van der Waals surface area contributed by atoms with Crippen LogP contribution in [-0.4, -0.2) is 60.7 Å². The van der Waals surface area contributed by atoms with Gasteiger partial charge in [0, 0.05) is 31.7 Å². The Bertz CT molecular complexity index is 716. The third-order valence-electron chi connectivity index (χ3n) is 4.94. The van der Waals surface area contributed by atoms with Gasteiger partial charge < -0.3 is 19.3 Å². The average molecular weight is 389 g/mol. The summed E-state index contributed by atoms with van der Waals surface area (Å²) in [6.07, 6.45) is 3.22. The number of amides is 2. The maximum Gasteiger partial charge on any atom is 0.410 e. The highest BCUT2D eigenvalue weighted by Crippen LogP contribution is 2.23. The molecular weight excluding hydrogens is 356 g/mol. The van der Waals surface area contributed by atoms with Crippen LogP contribution in [0.25, 0.3) is 6.08 Å². The van der Waals surface area contributed by atoms with Gasteiger partial charge in [0.05, 0.1) is 13.5 Å². The molecule has 1 aromatic carbocycles. The van der Waals surface area contributed by atoms with E-state index in [0.717, 1.165) is 24.0 Å². The first-order valence-electron chi connectivity index (χ1n) is 9.67. The van der Waals surface area contributed by atoms with Crippen LogP contribution in [0.4, 0.5) is 4.79 Å². The number of hydrogen-bond acceptors (Lipinski definition) is 4. The van der Waals surface area contributed by atoms with Gasteiger partial charge in [0.1, 0.15) is 11.4 Å². The molecule has 1 heterocycles. The molecule has 2 amide bonds. The first-order chi connectivity index (χ1) is 13.1. The summed E-state index contributed by atoms with van der Waals surface area (Å²) in [5.41, 5.74) is 1.31. The summed E-state index contributed by atoms with van der Waals surface area (Å²) >= 11 is 0. The Morgan fingerprint density at radius 3 is 2.46 bits per heavy atom. The van der Waals surface area contributed by atoms with Crippen LogP contribution < -0.4 is 4.74 Å². The number of methoxy groups -OCH3 is 1. The second-order valence-electron chi connectivity index (χ2n) is 8.16. The molecule has 6 heteroatoms. The van der Waals surface area contributed by atoms with Gasteiger partial charge in [0.25, 0.3) is 0 Å². The highest BCUT2D eigenvalue weighted by Gasteiger charge is 2.30. The Morgan fingerprint density at radius 1 is 1.29 bits per heavy atom. The second kappa shape index (κ2) is 9.13. The molecule has 6 nitrogen and oxygen atoms in total. The van der Waals surface area contributed by atoms with Crippen LogP contribution in [0.3, 0.4) is 0 Å². The van der Waals surface area contributed by atoms with Crippen molar-refractivity contribution < 1.29 is 19.1 Å². The summed E-state index contributed by atoms with van der Waals surface area (Å²) in [6.45, 7) is 10.5. The summed E-state index contributed by atoms with van der Waals surface area (Å²) in [5, 5.41) is 0. The van der Waals surface area contributed by atoms with Crippen LogP contribution in [0.1, 0.15) is 44.7 Å². The fourth-order valence-corrected chi connectivity index (χ4v) is 3.32. The third kappa shape index (κ3) is 5.75. The van der Waals surface area contributed by atoms with Crippen molar-refractivity contribution in [2.24, 2.45) is 0 Å². The average Bonchev–Trinajstić information content (AvgIpc) is 2.66. The van der Waals surface area contributed by atoms with Crippen LogP contribution >= 0.6 is 0 Å². The number of benzene rings is 1. The number of likely N-dealkylation sites (N-methyl/N-ethyl adjacent to an activating group) is 1. The SMILES string of the molecule is C=Cc1ccc(OC)c(CC(=O)N(C)C2CCN(C(=O)OC(C)(C)C)CC2)c1. The number of rotatable bonds is 5. The molecule has 1 aliphatic heterocycles. The lowest BCUT2D eigenvalue weighted by Gasteiger charge is -2.37. The van der Waals surface area contributed by atoms with Gasteiger partial charge in [-0.1, -0.05) is 18.7 Å². The molecule has 154 valence electrons. The zero-order valence-corrected chi connectivity index (χ0v) is 17.7. The molecule has 0 atom stereocenters. The maximum absolute atomic E-state index is 12.8. The van der Waals surface area contributed by atoms with Gasteiger partial charge in [-0.25, -0.2) is 4.79 Å². The van der Waals surface area contributed by atoms with E-state index in [9.17, 15) is 9.59 Å². The minimum absolute atomic E-state index is 0.0373. The van der Waals surface area contributed by atoms with Crippen LogP contribution in [0.5, 0.6) is 5.75 Å². The van der Waals surface area contributed by atoms with Crippen LogP contribution in [0, 0.1) is 0 Å². The van der Waals surface area contributed by atoms with E-state index < -0.39 is 5.60 Å². The monoisotopic (exact) mass is 388 g/mol. The molecular formula is C22H32N2O4. The minimum Gasteiger partial charge on any atom is -0.496 e. The first kappa shape index (κ1) is 21.8. The number of piperidine rings is 1. The molecule has 0 radical (unpaired) electrons. The maximum atomic E-state index is 12.8. The quantitative estimate of drug-likeness (QED) is 0.771. The largest absolute Gasteiger partial charge is 0.496 e. The number of ether oxygens (including phenoxy) is 2. The van der Waals surface area contributed by atoms with E-state index in [0.29, 0.717) is 18.8 Å². The molecule has 0 bridgehead atoms. The van der Waals surface area contributed by atoms with Crippen molar-refractivity contribution >= 4 is 18.1 Å². The summed E-state index contributed by atoms with van der Waals surface area (Å²) in [7, 11) is 3.44. The lowest BCUT2D eigenvalue weighted by Crippen LogP contribution is -2.48. The summed E-state index contributed by atoms with van der Waals surface area (Å²) in [6, 6.07) is 5.82. The van der Waals surface area contributed by atoms with E-state index in [2.05, 4.69) is 6.58 Å². The Labute approximate surface area is 168 Å². The number of nitrogens with zero attached hydrogens (tertiary/aromatic N) is 2. The topological polar surface area (TPSA) is 59.1 Å². The van der Waals surface area contributed by atoms with Gasteiger partial charge in [-0.15, -0.1) is 0 Å². The highest BCUT2D eigenvalue weighted by atomic mass is 16.6. The van der Waals surface area contributed by atoms with Gasteiger partial charge in [-0.3, -0.25) is 4.79 Å². The molecule has 0 spiro atoms. The smallest absolute Gasteiger partial charge is 0.410 e. The van der Waals surface area contributed by atoms with E-state index in [1.54, 1.807) is 23.0 Å². The zero-order chi connectivity index (χ0) is 20.9. The van der Waals surface area contributed by atoms with Crippen molar-refractivity contribution in [3.8, 4) is 5.75 Å². The van der Waals surface area contributed by atoms with Crippen LogP contribution in [-0.2, 0) is 16.0 Å². The van der Waals surface area contributed by atoms with Gasteiger partial charge >= 0.3 is 6.09 Å². The van der Waals surface area contributed by atoms with E-state index in [4.69, 9.17) is 9.47 Å². The van der Waals surface area contributed by atoms with Crippen molar-refractivity contribution in [3.05, 3.63) is 35.9 Å². The van der Waals surface area contributed by atoms with Gasteiger partial charge in [0.15, 0.2) is 0 Å². The normalized spacial score (nSPS) is 15.1. The molecule has 0 aliphatic carbocycles. The Balaban J connectivity index is 1.95. The standard InChI is InChI=1S/C22H32N2O4/c1-7-16-8-9-19(27-6)17(14-16)15-20(25)23(5)18-10-12-24(13-11-18)21(26)28-22(2,3)4/h7-9,14,18H,1,10-13,15H2,2-6H3. The third-order valence-corrected chi connectivity index (χ3v) is 4.94. The van der Waals surface area contributed by atoms with Crippen LogP contribution in [0.15, 0.2) is 24.8 Å². The van der Waals surface area contributed by atoms with Crippen LogP contribution in [0.2, 0.25) is 0 Å². The molecule has 1 aromatic rings. The van der Waals surface area contributed by atoms with E-state index in [1.165, 1.54) is 0 Å². The Kier molecular flexibility index (Phi) is 7.11. The predicted molar refractivity (Wildman–Crippen MR) is 110 cm³/mol. The lowest BCUT2D eigenvalue weighted by molar-refractivity contribution is -0.132. The number of likely N-dealkylation sites (tertiary alicyclic amines) is 1. The summed E-state index contributed by atoms with van der Waals surface area (Å²) < 4.78 is 10.8. The first-order valence-corrected chi connectivity index (χ1v) is 9.67. The van der Waals surface area contributed by atoms with Gasteiger partial charge in [-0.2, -0.15) is 0 Å². The van der Waals surface area contributed by atoms with Crippen molar-refractivity contribution in [1.82, 2.24) is 9.80 Å². The molecule has 0 aromatic heterocycles. The molecule has 1 fully saturated rings. The number of hydrogen-bond donors (Lipinski definition) is 0. The fraction of sp³-hybridized carbons (Fsp3) is 0.545. The Hall–Kier alpha value is -2.50. The summed E-state index contributed by atoms with van der Waals surface area (Å²) in [5.74, 6) is 0.738. The molecule has 2 rings (SSSR count). The van der Waals surface area contributed by atoms with Gasteiger partial charge in [0.2, 0.25) is 5.91 Å². The van der Waals surface area contributed by atoms with E-state index >= 15 is 0 Å². The van der Waals surface area contributed by atoms with Crippen molar-refractivity contribution in [1.29, 1.82) is 0 Å². The zero-order valence-electron chi connectivity index (χ0n) is 17.7. The van der Waals surface area contributed by atoms with Gasteiger partial charge in [-0.05, 0) is 51.3 Å². The molecule has 28 heavy (non-hydrogen) atoms. The van der Waals surface area contributed by atoms with E-state index in [-0.39, 0.29) is 24.5 Å². The van der Waals surface area contributed by atoms with Crippen molar-refractivity contribution in [2.45, 2.75) is 51.7 Å². The molecule has 0 unspecified atom stereocenters. The van der Waals surface area contributed by atoms with Crippen molar-refractivity contribution in [3.63, 3.8) is 0 Å². The highest BCUT2D eigenvalue weighted by molar-refractivity contribution is 5.80. The fourth-order valence-electron chi connectivity index (χ4n) is 3.32. The predicted octanol–water partition coefficient (Wildman–Crippen LogP) is 3.74. The number of carbonyl (C=O) groups excluding carboxylic acids is 2. The van der Waals surface area contributed by atoms with Crippen molar-refractivity contribution in [2.75, 3.05) is 27.2 Å². The second-order valence-corrected chi connectivity index (χ2v) is 8.16. The van der Waals surface area contributed by atoms with E-state index in [1.807, 2.05) is 46.0 Å². The lowest BCUT2D eigenvalue weighted by atomic mass is 10.0. The molecule has 0 saturated carbocycles. The number of carbonyl (C=O) groups is 2. The molecule has 0 N–H and O–H groups in total. The Morgan fingerprint density at radius 2 is 1.93 bits per heavy atom. The summed E-state index contributed by atoms with van der Waals surface area (Å²) in [4.78, 5) is 28.5.